The molecule has 1 saturated carbocycles. The first-order valence-corrected chi connectivity index (χ1v) is 6.69. The second kappa shape index (κ2) is 4.99. The summed E-state index contributed by atoms with van der Waals surface area (Å²) in [7, 11) is 0. The summed E-state index contributed by atoms with van der Waals surface area (Å²) < 4.78 is 10.9. The van der Waals surface area contributed by atoms with E-state index in [9.17, 15) is 4.79 Å². The quantitative estimate of drug-likeness (QED) is 0.870. The van der Waals surface area contributed by atoms with Crippen molar-refractivity contribution in [2.75, 3.05) is 19.9 Å². The molecule has 3 rings (SSSR count). The summed E-state index contributed by atoms with van der Waals surface area (Å²) in [6.45, 7) is 3.57. The van der Waals surface area contributed by atoms with Gasteiger partial charge < -0.3 is 20.1 Å². The van der Waals surface area contributed by atoms with Gasteiger partial charge in [-0.05, 0) is 31.2 Å². The third kappa shape index (κ3) is 2.45. The highest BCUT2D eigenvalue weighted by molar-refractivity contribution is 5.73. The lowest BCUT2D eigenvalue weighted by Gasteiger charge is -2.07. The molecule has 1 aliphatic heterocycles. The zero-order chi connectivity index (χ0) is 13.2. The molecular weight excluding hydrogens is 244 g/mol. The Hall–Kier alpha value is -1.91. The Morgan fingerprint density at radius 1 is 1.37 bits per heavy atom. The maximum atomic E-state index is 11.3. The topological polar surface area (TPSA) is 59.6 Å². The summed E-state index contributed by atoms with van der Waals surface area (Å²) in [6.07, 6.45) is 1.09. The molecule has 1 aromatic rings. The van der Waals surface area contributed by atoms with Crippen molar-refractivity contribution < 1.29 is 14.3 Å². The highest BCUT2D eigenvalue weighted by atomic mass is 16.7. The van der Waals surface area contributed by atoms with E-state index in [1.165, 1.54) is 5.56 Å². The minimum atomic E-state index is -0.0916. The van der Waals surface area contributed by atoms with Crippen LogP contribution in [0.2, 0.25) is 0 Å². The van der Waals surface area contributed by atoms with Gasteiger partial charge in [0.1, 0.15) is 0 Å². The van der Waals surface area contributed by atoms with Gasteiger partial charge in [-0.15, -0.1) is 0 Å². The van der Waals surface area contributed by atoms with Gasteiger partial charge in [0.25, 0.3) is 0 Å². The standard InChI is InChI=1S/C14H18N2O3/c1-2-15-14(17)16-7-9-6-11(9)10-4-3-5-12-13(10)19-8-18-12/h3-5,9,11H,2,6-8H2,1H3,(H2,15,16,17). The van der Waals surface area contributed by atoms with Gasteiger partial charge in [-0.1, -0.05) is 12.1 Å². The highest BCUT2D eigenvalue weighted by Gasteiger charge is 2.41. The Labute approximate surface area is 112 Å². The normalized spacial score (nSPS) is 23.0. The molecule has 0 spiro atoms. The molecule has 0 aromatic heterocycles. The average molecular weight is 262 g/mol. The van der Waals surface area contributed by atoms with Crippen molar-refractivity contribution in [3.63, 3.8) is 0 Å². The third-order valence-electron chi connectivity index (χ3n) is 3.61. The van der Waals surface area contributed by atoms with Crippen LogP contribution in [0.4, 0.5) is 4.79 Å². The number of nitrogens with one attached hydrogen (secondary N) is 2. The number of carbonyl (C=O) groups is 1. The zero-order valence-electron chi connectivity index (χ0n) is 10.9. The van der Waals surface area contributed by atoms with Gasteiger partial charge in [-0.2, -0.15) is 0 Å². The van der Waals surface area contributed by atoms with Gasteiger partial charge >= 0.3 is 6.03 Å². The van der Waals surface area contributed by atoms with E-state index in [1.54, 1.807) is 0 Å². The van der Waals surface area contributed by atoms with Crippen molar-refractivity contribution in [2.24, 2.45) is 5.92 Å². The molecule has 0 radical (unpaired) electrons. The maximum Gasteiger partial charge on any atom is 0.314 e. The van der Waals surface area contributed by atoms with E-state index < -0.39 is 0 Å². The number of hydrogen-bond donors (Lipinski definition) is 2. The first-order valence-electron chi connectivity index (χ1n) is 6.69. The molecule has 102 valence electrons. The fourth-order valence-electron chi connectivity index (χ4n) is 2.55. The molecule has 0 saturated heterocycles. The van der Waals surface area contributed by atoms with Crippen LogP contribution in [0.3, 0.4) is 0 Å². The number of amides is 2. The summed E-state index contributed by atoms with van der Waals surface area (Å²) in [4.78, 5) is 11.3. The monoisotopic (exact) mass is 262 g/mol. The van der Waals surface area contributed by atoms with Crippen LogP contribution in [-0.4, -0.2) is 25.9 Å². The van der Waals surface area contributed by atoms with Crippen LogP contribution in [0.5, 0.6) is 11.5 Å². The Morgan fingerprint density at radius 3 is 3.11 bits per heavy atom. The number of hydrogen-bond acceptors (Lipinski definition) is 3. The van der Waals surface area contributed by atoms with E-state index in [-0.39, 0.29) is 6.03 Å². The SMILES string of the molecule is CCNC(=O)NCC1CC1c1cccc2c1OCO2. The molecule has 2 N–H and O–H groups in total. The molecule has 1 aliphatic carbocycles. The second-order valence-electron chi connectivity index (χ2n) is 4.92. The molecular formula is C14H18N2O3. The van der Waals surface area contributed by atoms with Crippen LogP contribution in [-0.2, 0) is 0 Å². The summed E-state index contributed by atoms with van der Waals surface area (Å²) >= 11 is 0. The van der Waals surface area contributed by atoms with Crippen LogP contribution in [0.25, 0.3) is 0 Å². The predicted molar refractivity (Wildman–Crippen MR) is 70.5 cm³/mol. The van der Waals surface area contributed by atoms with Gasteiger partial charge in [0, 0.05) is 18.7 Å². The smallest absolute Gasteiger partial charge is 0.314 e. The highest BCUT2D eigenvalue weighted by Crippen LogP contribution is 2.52. The Balaban J connectivity index is 1.58. The van der Waals surface area contributed by atoms with Gasteiger partial charge in [0.2, 0.25) is 6.79 Å². The molecule has 1 fully saturated rings. The number of fused-ring (bicyclic) bond motifs is 1. The molecule has 1 heterocycles. The molecule has 2 amide bonds. The molecule has 19 heavy (non-hydrogen) atoms. The number of rotatable bonds is 4. The fourth-order valence-corrected chi connectivity index (χ4v) is 2.55. The number of benzene rings is 1. The van der Waals surface area contributed by atoms with Crippen LogP contribution in [0, 0.1) is 5.92 Å². The Bertz CT molecular complexity index is 490. The second-order valence-corrected chi connectivity index (χ2v) is 4.92. The van der Waals surface area contributed by atoms with E-state index in [4.69, 9.17) is 9.47 Å². The number of para-hydroxylation sites is 1. The fraction of sp³-hybridized carbons (Fsp3) is 0.500. The summed E-state index contributed by atoms with van der Waals surface area (Å²) in [5, 5.41) is 5.62. The lowest BCUT2D eigenvalue weighted by molar-refractivity contribution is 0.173. The lowest BCUT2D eigenvalue weighted by atomic mass is 10.1. The van der Waals surface area contributed by atoms with Gasteiger partial charge in [-0.25, -0.2) is 4.79 Å². The molecule has 2 atom stereocenters. The molecule has 5 heteroatoms. The van der Waals surface area contributed by atoms with Crippen molar-refractivity contribution in [3.8, 4) is 11.5 Å². The van der Waals surface area contributed by atoms with E-state index in [1.807, 2.05) is 19.1 Å². The first-order chi connectivity index (χ1) is 9.29. The largest absolute Gasteiger partial charge is 0.454 e. The Kier molecular flexibility index (Phi) is 3.19. The lowest BCUT2D eigenvalue weighted by Crippen LogP contribution is -2.36. The average Bonchev–Trinajstić information content (AvgIpc) is 3.02. The molecule has 5 nitrogen and oxygen atoms in total. The van der Waals surface area contributed by atoms with E-state index in [2.05, 4.69) is 16.7 Å². The number of carbonyl (C=O) groups excluding carboxylic acids is 1. The van der Waals surface area contributed by atoms with Crippen LogP contribution < -0.4 is 20.1 Å². The minimum absolute atomic E-state index is 0.0916. The molecule has 1 aromatic carbocycles. The van der Waals surface area contributed by atoms with Crippen LogP contribution in [0.1, 0.15) is 24.8 Å². The van der Waals surface area contributed by atoms with Gasteiger partial charge in [0.05, 0.1) is 0 Å². The summed E-state index contributed by atoms with van der Waals surface area (Å²) in [5.74, 6) is 2.68. The van der Waals surface area contributed by atoms with Crippen molar-refractivity contribution in [1.82, 2.24) is 10.6 Å². The van der Waals surface area contributed by atoms with Crippen molar-refractivity contribution in [3.05, 3.63) is 23.8 Å². The summed E-state index contributed by atoms with van der Waals surface area (Å²) in [5.41, 5.74) is 1.21. The van der Waals surface area contributed by atoms with Crippen LogP contribution >= 0.6 is 0 Å². The molecule has 2 unspecified atom stereocenters. The van der Waals surface area contributed by atoms with Crippen molar-refractivity contribution in [1.29, 1.82) is 0 Å². The van der Waals surface area contributed by atoms with E-state index in [0.717, 1.165) is 17.9 Å². The predicted octanol–water partition coefficient (Wildman–Crippen LogP) is 1.84. The number of urea groups is 1. The Morgan fingerprint density at radius 2 is 2.26 bits per heavy atom. The zero-order valence-corrected chi connectivity index (χ0v) is 10.9. The van der Waals surface area contributed by atoms with Gasteiger partial charge in [-0.3, -0.25) is 0 Å². The van der Waals surface area contributed by atoms with Crippen molar-refractivity contribution in [2.45, 2.75) is 19.3 Å². The first kappa shape index (κ1) is 12.1. The minimum Gasteiger partial charge on any atom is -0.454 e. The van der Waals surface area contributed by atoms with E-state index in [0.29, 0.717) is 31.7 Å². The molecule has 0 bridgehead atoms. The van der Waals surface area contributed by atoms with Gasteiger partial charge in [0.15, 0.2) is 11.5 Å². The molecule has 2 aliphatic rings. The van der Waals surface area contributed by atoms with E-state index >= 15 is 0 Å². The third-order valence-corrected chi connectivity index (χ3v) is 3.61. The number of ether oxygens (including phenoxy) is 2. The van der Waals surface area contributed by atoms with Crippen molar-refractivity contribution >= 4 is 6.03 Å². The summed E-state index contributed by atoms with van der Waals surface area (Å²) in [6, 6.07) is 5.92. The maximum absolute atomic E-state index is 11.3. The van der Waals surface area contributed by atoms with Crippen LogP contribution in [0.15, 0.2) is 18.2 Å².